The fraction of sp³-hybridized carbons (Fsp3) is 0.238. The van der Waals surface area contributed by atoms with E-state index in [-0.39, 0.29) is 0 Å². The van der Waals surface area contributed by atoms with Crippen LogP contribution in [-0.2, 0) is 6.42 Å². The highest BCUT2D eigenvalue weighted by Crippen LogP contribution is 2.21. The van der Waals surface area contributed by atoms with Gasteiger partial charge in [0.1, 0.15) is 5.82 Å². The Morgan fingerprint density at radius 3 is 2.81 bits per heavy atom. The molecule has 0 saturated heterocycles. The molecule has 1 amide bonds. The first-order chi connectivity index (χ1) is 15.0. The number of aromatic nitrogens is 6. The SMILES string of the molecule is CC(C)c1cnnc(Nc2ccc3ncc(-n4cnc(CCNC(=O)O)c4)cc3n2)c1. The largest absolute Gasteiger partial charge is 0.465 e. The van der Waals surface area contributed by atoms with Gasteiger partial charge in [-0.25, -0.2) is 14.8 Å². The lowest BCUT2D eigenvalue weighted by molar-refractivity contribution is 0.194. The summed E-state index contributed by atoms with van der Waals surface area (Å²) >= 11 is 0. The average molecular weight is 418 g/mol. The monoisotopic (exact) mass is 418 g/mol. The van der Waals surface area contributed by atoms with E-state index in [1.807, 2.05) is 35.0 Å². The van der Waals surface area contributed by atoms with Crippen LogP contribution in [0.15, 0.2) is 49.2 Å². The Bertz CT molecular complexity index is 1220. The molecule has 10 heteroatoms. The summed E-state index contributed by atoms with van der Waals surface area (Å²) in [5.41, 5.74) is 4.17. The van der Waals surface area contributed by atoms with Crippen molar-refractivity contribution in [3.63, 3.8) is 0 Å². The van der Waals surface area contributed by atoms with Crippen LogP contribution in [0.4, 0.5) is 16.4 Å². The third-order valence-electron chi connectivity index (χ3n) is 4.71. The Hall–Kier alpha value is -4.08. The second-order valence-electron chi connectivity index (χ2n) is 7.34. The van der Waals surface area contributed by atoms with Gasteiger partial charge in [-0.05, 0) is 35.7 Å². The van der Waals surface area contributed by atoms with Crippen LogP contribution in [0.5, 0.6) is 0 Å². The molecule has 0 radical (unpaired) electrons. The van der Waals surface area contributed by atoms with Crippen molar-refractivity contribution >= 4 is 28.8 Å². The first-order valence-corrected chi connectivity index (χ1v) is 9.84. The van der Waals surface area contributed by atoms with Crippen molar-refractivity contribution in [2.24, 2.45) is 0 Å². The van der Waals surface area contributed by atoms with Crippen LogP contribution in [-0.4, -0.2) is 47.5 Å². The minimum absolute atomic E-state index is 0.305. The number of amides is 1. The number of nitrogens with one attached hydrogen (secondary N) is 2. The molecule has 0 aliphatic carbocycles. The molecule has 4 aromatic heterocycles. The second-order valence-corrected chi connectivity index (χ2v) is 7.34. The quantitative estimate of drug-likeness (QED) is 0.417. The number of imidazole rings is 1. The minimum atomic E-state index is -1.05. The lowest BCUT2D eigenvalue weighted by Gasteiger charge is -2.09. The molecule has 3 N–H and O–H groups in total. The van der Waals surface area contributed by atoms with Crippen LogP contribution in [0.2, 0.25) is 0 Å². The number of hydrogen-bond donors (Lipinski definition) is 3. The van der Waals surface area contributed by atoms with E-state index in [1.54, 1.807) is 18.7 Å². The fourth-order valence-electron chi connectivity index (χ4n) is 3.03. The summed E-state index contributed by atoms with van der Waals surface area (Å²) < 4.78 is 1.84. The normalized spacial score (nSPS) is 11.1. The van der Waals surface area contributed by atoms with E-state index in [2.05, 4.69) is 49.6 Å². The van der Waals surface area contributed by atoms with E-state index in [9.17, 15) is 4.79 Å². The van der Waals surface area contributed by atoms with E-state index >= 15 is 0 Å². The summed E-state index contributed by atoms with van der Waals surface area (Å²) in [6.45, 7) is 4.51. The Labute approximate surface area is 178 Å². The molecule has 0 saturated carbocycles. The fourth-order valence-corrected chi connectivity index (χ4v) is 3.03. The molecule has 0 aliphatic rings. The van der Waals surface area contributed by atoms with Crippen LogP contribution in [0, 0.1) is 0 Å². The predicted molar refractivity (Wildman–Crippen MR) is 116 cm³/mol. The number of rotatable bonds is 7. The van der Waals surface area contributed by atoms with E-state index in [0.29, 0.717) is 30.5 Å². The van der Waals surface area contributed by atoms with Gasteiger partial charge in [0.05, 0.1) is 41.1 Å². The Morgan fingerprint density at radius 2 is 2.00 bits per heavy atom. The Morgan fingerprint density at radius 1 is 1.13 bits per heavy atom. The zero-order valence-electron chi connectivity index (χ0n) is 17.1. The number of carbonyl (C=O) groups is 1. The summed E-state index contributed by atoms with van der Waals surface area (Å²) in [5, 5.41) is 22.4. The number of fused-ring (bicyclic) bond motifs is 1. The summed E-state index contributed by atoms with van der Waals surface area (Å²) in [6, 6.07) is 7.63. The number of anilines is 2. The highest BCUT2D eigenvalue weighted by Gasteiger charge is 2.07. The average Bonchev–Trinajstić information content (AvgIpc) is 3.22. The lowest BCUT2D eigenvalue weighted by atomic mass is 10.1. The van der Waals surface area contributed by atoms with Crippen LogP contribution < -0.4 is 10.6 Å². The molecule has 158 valence electrons. The third kappa shape index (κ3) is 4.92. The van der Waals surface area contributed by atoms with Crippen molar-refractivity contribution in [1.29, 1.82) is 0 Å². The molecule has 0 bridgehead atoms. The van der Waals surface area contributed by atoms with Gasteiger partial charge in [0.15, 0.2) is 5.82 Å². The van der Waals surface area contributed by atoms with Crippen LogP contribution in [0.1, 0.15) is 31.0 Å². The minimum Gasteiger partial charge on any atom is -0.465 e. The van der Waals surface area contributed by atoms with Crippen molar-refractivity contribution in [3.05, 3.63) is 60.4 Å². The van der Waals surface area contributed by atoms with Gasteiger partial charge in [0, 0.05) is 19.2 Å². The van der Waals surface area contributed by atoms with Gasteiger partial charge in [-0.2, -0.15) is 5.10 Å². The van der Waals surface area contributed by atoms with Gasteiger partial charge in [0.25, 0.3) is 0 Å². The molecular weight excluding hydrogens is 396 g/mol. The Balaban J connectivity index is 1.54. The molecule has 4 heterocycles. The first kappa shape index (κ1) is 20.2. The summed E-state index contributed by atoms with van der Waals surface area (Å²) in [7, 11) is 0. The molecule has 31 heavy (non-hydrogen) atoms. The van der Waals surface area contributed by atoms with E-state index < -0.39 is 6.09 Å². The van der Waals surface area contributed by atoms with Crippen molar-refractivity contribution in [1.82, 2.24) is 35.0 Å². The molecule has 0 spiro atoms. The second kappa shape index (κ2) is 8.74. The molecule has 0 fully saturated rings. The molecule has 0 aromatic carbocycles. The van der Waals surface area contributed by atoms with Crippen molar-refractivity contribution in [2.75, 3.05) is 11.9 Å². The van der Waals surface area contributed by atoms with E-state index in [0.717, 1.165) is 28.0 Å². The smallest absolute Gasteiger partial charge is 0.404 e. The van der Waals surface area contributed by atoms with Crippen LogP contribution in [0.25, 0.3) is 16.7 Å². The lowest BCUT2D eigenvalue weighted by Crippen LogP contribution is -2.23. The standard InChI is InChI=1S/C21H22N8O2/c1-13(2)14-7-20(28-25-9-14)27-19-4-3-17-18(26-19)8-16(10-23-17)29-11-15(24-12-29)5-6-22-21(30)31/h3-4,7-13,22H,5-6H2,1-2H3,(H,30,31)(H,26,27,28). The van der Waals surface area contributed by atoms with Gasteiger partial charge in [-0.3, -0.25) is 4.98 Å². The van der Waals surface area contributed by atoms with Gasteiger partial charge in [-0.1, -0.05) is 13.8 Å². The predicted octanol–water partition coefficient (Wildman–Crippen LogP) is 3.28. The molecule has 10 nitrogen and oxygen atoms in total. The van der Waals surface area contributed by atoms with Crippen molar-refractivity contribution < 1.29 is 9.90 Å². The maximum atomic E-state index is 10.6. The number of pyridine rings is 2. The highest BCUT2D eigenvalue weighted by atomic mass is 16.4. The number of nitrogens with zero attached hydrogens (tertiary/aromatic N) is 6. The highest BCUT2D eigenvalue weighted by molar-refractivity contribution is 5.78. The summed E-state index contributed by atoms with van der Waals surface area (Å²) in [5.74, 6) is 1.64. The first-order valence-electron chi connectivity index (χ1n) is 9.84. The van der Waals surface area contributed by atoms with Gasteiger partial charge in [-0.15, -0.1) is 5.10 Å². The maximum absolute atomic E-state index is 10.6. The third-order valence-corrected chi connectivity index (χ3v) is 4.71. The summed E-state index contributed by atoms with van der Waals surface area (Å²) in [6.07, 6.45) is 6.49. The zero-order valence-corrected chi connectivity index (χ0v) is 17.1. The number of hydrogen-bond acceptors (Lipinski definition) is 7. The topological polar surface area (TPSA) is 131 Å². The van der Waals surface area contributed by atoms with Crippen molar-refractivity contribution in [3.8, 4) is 5.69 Å². The summed E-state index contributed by atoms with van der Waals surface area (Å²) in [4.78, 5) is 24.0. The molecule has 0 aliphatic heterocycles. The zero-order chi connectivity index (χ0) is 21.8. The van der Waals surface area contributed by atoms with E-state index in [4.69, 9.17) is 5.11 Å². The maximum Gasteiger partial charge on any atom is 0.404 e. The molecule has 0 atom stereocenters. The molecular formula is C21H22N8O2. The molecule has 4 rings (SSSR count). The van der Waals surface area contributed by atoms with Crippen LogP contribution in [0.3, 0.4) is 0 Å². The Kier molecular flexibility index (Phi) is 5.69. The van der Waals surface area contributed by atoms with Gasteiger partial charge < -0.3 is 20.3 Å². The molecule has 0 unspecified atom stereocenters. The van der Waals surface area contributed by atoms with Gasteiger partial charge >= 0.3 is 6.09 Å². The van der Waals surface area contributed by atoms with E-state index in [1.165, 1.54) is 0 Å². The van der Waals surface area contributed by atoms with Gasteiger partial charge in [0.2, 0.25) is 0 Å². The van der Waals surface area contributed by atoms with Crippen molar-refractivity contribution in [2.45, 2.75) is 26.2 Å². The molecule has 4 aromatic rings. The number of carboxylic acid groups (broad SMARTS) is 1. The van der Waals surface area contributed by atoms with Crippen LogP contribution >= 0.6 is 0 Å².